The summed E-state index contributed by atoms with van der Waals surface area (Å²) in [5.74, 6) is 0. The zero-order valence-electron chi connectivity index (χ0n) is 12.4. The molecule has 0 atom stereocenters. The molecule has 0 radical (unpaired) electrons. The topological polar surface area (TPSA) is 39.6 Å². The van der Waals surface area contributed by atoms with Crippen molar-refractivity contribution in [3.8, 4) is 0 Å². The lowest BCUT2D eigenvalue weighted by Gasteiger charge is -2.34. The number of aromatic nitrogens is 1. The van der Waals surface area contributed by atoms with Crippen molar-refractivity contribution in [3.63, 3.8) is 0 Å². The molecule has 0 unspecified atom stereocenters. The van der Waals surface area contributed by atoms with Crippen LogP contribution in [-0.2, 0) is 0 Å². The van der Waals surface area contributed by atoms with Gasteiger partial charge in [0.1, 0.15) is 0 Å². The van der Waals surface area contributed by atoms with Gasteiger partial charge in [0.2, 0.25) is 0 Å². The van der Waals surface area contributed by atoms with E-state index in [1.807, 2.05) is 0 Å². The van der Waals surface area contributed by atoms with E-state index in [1.165, 1.54) is 11.1 Å². The van der Waals surface area contributed by atoms with E-state index in [4.69, 9.17) is 10.1 Å². The van der Waals surface area contributed by atoms with Gasteiger partial charge in [-0.3, -0.25) is 4.90 Å². The fourth-order valence-electron chi connectivity index (χ4n) is 2.78. The molecule has 21 heavy (non-hydrogen) atoms. The standard InChI is InChI=1S/C16H23N3OS/c20-13-5-1-4-8-18-9-11-19(12-10-18)16-17-14-6-2-3-7-15(14)21-16/h2-3,6-7,20H,1,4-5,8-13H2. The largest absolute Gasteiger partial charge is 0.396 e. The predicted octanol–water partition coefficient (Wildman–Crippen LogP) is 2.58. The van der Waals surface area contributed by atoms with Crippen LogP contribution < -0.4 is 4.90 Å². The number of piperazine rings is 1. The Balaban J connectivity index is 1.51. The number of hydrogen-bond acceptors (Lipinski definition) is 5. The summed E-state index contributed by atoms with van der Waals surface area (Å²) in [6, 6.07) is 8.37. The summed E-state index contributed by atoms with van der Waals surface area (Å²) in [6.07, 6.45) is 3.27. The van der Waals surface area contributed by atoms with Gasteiger partial charge in [0.25, 0.3) is 0 Å². The molecule has 0 amide bonds. The highest BCUT2D eigenvalue weighted by Gasteiger charge is 2.19. The van der Waals surface area contributed by atoms with Gasteiger partial charge in [-0.2, -0.15) is 0 Å². The second-order valence-corrected chi connectivity index (χ2v) is 6.59. The van der Waals surface area contributed by atoms with Crippen molar-refractivity contribution >= 4 is 26.7 Å². The lowest BCUT2D eigenvalue weighted by Crippen LogP contribution is -2.46. The summed E-state index contributed by atoms with van der Waals surface area (Å²) in [7, 11) is 0. The molecule has 2 aromatic rings. The average Bonchev–Trinajstić information content (AvgIpc) is 2.96. The highest BCUT2D eigenvalue weighted by atomic mass is 32.1. The van der Waals surface area contributed by atoms with E-state index in [1.54, 1.807) is 11.3 Å². The third-order valence-electron chi connectivity index (χ3n) is 4.06. The fourth-order valence-corrected chi connectivity index (χ4v) is 3.80. The highest BCUT2D eigenvalue weighted by Crippen LogP contribution is 2.29. The van der Waals surface area contributed by atoms with Crippen LogP contribution in [0.3, 0.4) is 0 Å². The monoisotopic (exact) mass is 305 g/mol. The molecule has 1 saturated heterocycles. The molecule has 1 N–H and O–H groups in total. The van der Waals surface area contributed by atoms with Crippen LogP contribution in [0.4, 0.5) is 5.13 Å². The lowest BCUT2D eigenvalue weighted by molar-refractivity contribution is 0.242. The third-order valence-corrected chi connectivity index (χ3v) is 5.16. The van der Waals surface area contributed by atoms with Crippen LogP contribution in [0.5, 0.6) is 0 Å². The molecule has 0 bridgehead atoms. The predicted molar refractivity (Wildman–Crippen MR) is 89.2 cm³/mol. The number of unbranched alkanes of at least 4 members (excludes halogenated alkanes) is 2. The number of nitrogens with zero attached hydrogens (tertiary/aromatic N) is 3. The number of fused-ring (bicyclic) bond motifs is 1. The van der Waals surface area contributed by atoms with Crippen molar-refractivity contribution in [1.29, 1.82) is 0 Å². The van der Waals surface area contributed by atoms with Crippen molar-refractivity contribution in [3.05, 3.63) is 24.3 Å². The van der Waals surface area contributed by atoms with Gasteiger partial charge in [0.15, 0.2) is 5.13 Å². The minimum atomic E-state index is 0.325. The van der Waals surface area contributed by atoms with Crippen molar-refractivity contribution in [1.82, 2.24) is 9.88 Å². The summed E-state index contributed by atoms with van der Waals surface area (Å²) in [5, 5.41) is 9.96. The summed E-state index contributed by atoms with van der Waals surface area (Å²) >= 11 is 1.80. The Bertz CT molecular complexity index is 530. The smallest absolute Gasteiger partial charge is 0.186 e. The lowest BCUT2D eigenvalue weighted by atomic mass is 10.2. The molecule has 0 spiro atoms. The van der Waals surface area contributed by atoms with Crippen molar-refractivity contribution in [2.45, 2.75) is 19.3 Å². The summed E-state index contributed by atoms with van der Waals surface area (Å²) in [5.41, 5.74) is 1.11. The summed E-state index contributed by atoms with van der Waals surface area (Å²) < 4.78 is 1.28. The quantitative estimate of drug-likeness (QED) is 0.833. The first-order valence-electron chi connectivity index (χ1n) is 7.80. The van der Waals surface area contributed by atoms with Crippen LogP contribution in [0.2, 0.25) is 0 Å². The SMILES string of the molecule is OCCCCCN1CCN(c2nc3ccccc3s2)CC1. The van der Waals surface area contributed by atoms with Gasteiger partial charge in [-0.25, -0.2) is 4.98 Å². The van der Waals surface area contributed by atoms with Gasteiger partial charge in [0, 0.05) is 32.8 Å². The van der Waals surface area contributed by atoms with E-state index < -0.39 is 0 Å². The molecule has 0 saturated carbocycles. The minimum absolute atomic E-state index is 0.325. The van der Waals surface area contributed by atoms with E-state index in [0.717, 1.165) is 56.2 Å². The van der Waals surface area contributed by atoms with Gasteiger partial charge < -0.3 is 10.0 Å². The van der Waals surface area contributed by atoms with Crippen LogP contribution in [0, 0.1) is 0 Å². The summed E-state index contributed by atoms with van der Waals surface area (Å²) in [4.78, 5) is 9.69. The molecule has 1 aromatic heterocycles. The van der Waals surface area contributed by atoms with Gasteiger partial charge in [-0.05, 0) is 37.9 Å². The molecule has 1 aliphatic rings. The molecule has 1 fully saturated rings. The molecule has 114 valence electrons. The van der Waals surface area contributed by atoms with Crippen LogP contribution >= 0.6 is 11.3 Å². The molecule has 5 heteroatoms. The molecule has 2 heterocycles. The number of rotatable bonds is 6. The Labute approximate surface area is 130 Å². The average molecular weight is 305 g/mol. The first-order chi connectivity index (χ1) is 10.4. The van der Waals surface area contributed by atoms with Gasteiger partial charge in [-0.15, -0.1) is 0 Å². The molecule has 1 aliphatic heterocycles. The second-order valence-electron chi connectivity index (χ2n) is 5.58. The van der Waals surface area contributed by atoms with Gasteiger partial charge in [0.05, 0.1) is 10.2 Å². The van der Waals surface area contributed by atoms with E-state index in [0.29, 0.717) is 6.61 Å². The maximum absolute atomic E-state index is 8.80. The van der Waals surface area contributed by atoms with Gasteiger partial charge >= 0.3 is 0 Å². The zero-order valence-corrected chi connectivity index (χ0v) is 13.2. The Morgan fingerprint density at radius 3 is 2.62 bits per heavy atom. The number of anilines is 1. The molecule has 3 rings (SSSR count). The Kier molecular flexibility index (Phi) is 5.06. The number of aliphatic hydroxyl groups excluding tert-OH is 1. The molecule has 4 nitrogen and oxygen atoms in total. The zero-order chi connectivity index (χ0) is 14.5. The second kappa shape index (κ2) is 7.20. The van der Waals surface area contributed by atoms with E-state index in [2.05, 4.69) is 34.1 Å². The fraction of sp³-hybridized carbons (Fsp3) is 0.562. The Hall–Kier alpha value is -1.17. The molecule has 1 aromatic carbocycles. The number of hydrogen-bond donors (Lipinski definition) is 1. The number of thiazole rings is 1. The molecular weight excluding hydrogens is 282 g/mol. The number of aliphatic hydroxyl groups is 1. The molecular formula is C16H23N3OS. The van der Waals surface area contributed by atoms with Gasteiger partial charge in [-0.1, -0.05) is 23.5 Å². The normalized spacial score (nSPS) is 16.7. The number of para-hydroxylation sites is 1. The van der Waals surface area contributed by atoms with Crippen LogP contribution in [0.25, 0.3) is 10.2 Å². The first kappa shape index (κ1) is 14.8. The first-order valence-corrected chi connectivity index (χ1v) is 8.62. The molecule has 0 aliphatic carbocycles. The van der Waals surface area contributed by atoms with E-state index >= 15 is 0 Å². The number of benzene rings is 1. The van der Waals surface area contributed by atoms with Crippen molar-refractivity contribution < 1.29 is 5.11 Å². The van der Waals surface area contributed by atoms with Crippen LogP contribution in [-0.4, -0.2) is 54.3 Å². The maximum Gasteiger partial charge on any atom is 0.186 e. The van der Waals surface area contributed by atoms with E-state index in [9.17, 15) is 0 Å². The van der Waals surface area contributed by atoms with Crippen LogP contribution in [0.1, 0.15) is 19.3 Å². The van der Waals surface area contributed by atoms with Crippen molar-refractivity contribution in [2.24, 2.45) is 0 Å². The highest BCUT2D eigenvalue weighted by molar-refractivity contribution is 7.22. The summed E-state index contributed by atoms with van der Waals surface area (Å²) in [6.45, 7) is 5.86. The van der Waals surface area contributed by atoms with Crippen LogP contribution in [0.15, 0.2) is 24.3 Å². The van der Waals surface area contributed by atoms with Crippen molar-refractivity contribution in [2.75, 3.05) is 44.2 Å². The van der Waals surface area contributed by atoms with E-state index in [-0.39, 0.29) is 0 Å². The Morgan fingerprint density at radius 2 is 1.86 bits per heavy atom. The Morgan fingerprint density at radius 1 is 1.05 bits per heavy atom. The minimum Gasteiger partial charge on any atom is -0.396 e. The third kappa shape index (κ3) is 3.73. The maximum atomic E-state index is 8.80.